The summed E-state index contributed by atoms with van der Waals surface area (Å²) >= 11 is 0. The number of piperazine rings is 1. The van der Waals surface area contributed by atoms with E-state index in [9.17, 15) is 9.59 Å². The van der Waals surface area contributed by atoms with Gasteiger partial charge in [0.25, 0.3) is 0 Å². The maximum Gasteiger partial charge on any atom is 0.226 e. The lowest BCUT2D eigenvalue weighted by Gasteiger charge is -2.39. The third-order valence-electron chi connectivity index (χ3n) is 8.01. The fraction of sp³-hybridized carbons (Fsp3) is 0.900. The first kappa shape index (κ1) is 15.2. The molecule has 1 heterocycles. The van der Waals surface area contributed by atoms with Crippen LogP contribution in [-0.2, 0) is 9.59 Å². The van der Waals surface area contributed by atoms with Gasteiger partial charge in [-0.25, -0.2) is 0 Å². The Bertz CT molecular complexity index is 492. The number of fused-ring (bicyclic) bond motifs is 4. The van der Waals surface area contributed by atoms with Crippen LogP contribution >= 0.6 is 0 Å². The third-order valence-corrected chi connectivity index (χ3v) is 8.01. The number of carbonyl (C=O) groups excluding carboxylic acids is 2. The largest absolute Gasteiger partial charge is 0.339 e. The molecule has 5 aliphatic rings. The molecule has 1 saturated heterocycles. The Kier molecular flexibility index (Phi) is 3.64. The van der Waals surface area contributed by atoms with Gasteiger partial charge in [0, 0.05) is 38.0 Å². The maximum absolute atomic E-state index is 12.8. The van der Waals surface area contributed by atoms with Gasteiger partial charge in [0.05, 0.1) is 0 Å². The van der Waals surface area contributed by atoms with Crippen molar-refractivity contribution in [2.24, 2.45) is 35.5 Å². The summed E-state index contributed by atoms with van der Waals surface area (Å²) in [7, 11) is 0. The Morgan fingerprint density at radius 2 is 1.00 bits per heavy atom. The number of amides is 2. The molecule has 0 radical (unpaired) electrons. The molecule has 4 heteroatoms. The molecule has 0 aromatic carbocycles. The van der Waals surface area contributed by atoms with Gasteiger partial charge in [0.15, 0.2) is 0 Å². The van der Waals surface area contributed by atoms with Crippen LogP contribution in [0.5, 0.6) is 0 Å². The van der Waals surface area contributed by atoms with Crippen molar-refractivity contribution in [3.63, 3.8) is 0 Å². The summed E-state index contributed by atoms with van der Waals surface area (Å²) < 4.78 is 0. The summed E-state index contributed by atoms with van der Waals surface area (Å²) in [4.78, 5) is 29.8. The van der Waals surface area contributed by atoms with Gasteiger partial charge in [-0.05, 0) is 62.2 Å². The van der Waals surface area contributed by atoms with Crippen molar-refractivity contribution in [3.05, 3.63) is 0 Å². The Labute approximate surface area is 144 Å². The van der Waals surface area contributed by atoms with Crippen LogP contribution in [-0.4, -0.2) is 47.8 Å². The van der Waals surface area contributed by atoms with Crippen molar-refractivity contribution < 1.29 is 9.59 Å². The summed E-state index contributed by atoms with van der Waals surface area (Å²) in [6.07, 6.45) is 10.1. The molecule has 2 amide bonds. The van der Waals surface area contributed by atoms with Crippen molar-refractivity contribution >= 4 is 11.8 Å². The van der Waals surface area contributed by atoms with Crippen molar-refractivity contribution in [2.45, 2.75) is 51.4 Å². The molecule has 0 aromatic heterocycles. The van der Waals surface area contributed by atoms with Gasteiger partial charge in [-0.2, -0.15) is 0 Å². The zero-order valence-electron chi connectivity index (χ0n) is 14.7. The first-order valence-electron chi connectivity index (χ1n) is 10.3. The van der Waals surface area contributed by atoms with Gasteiger partial charge in [-0.15, -0.1) is 0 Å². The molecule has 4 bridgehead atoms. The first-order valence-corrected chi connectivity index (χ1v) is 10.3. The highest BCUT2D eigenvalue weighted by Crippen LogP contribution is 2.50. The van der Waals surface area contributed by atoms with Crippen LogP contribution in [0.15, 0.2) is 0 Å². The quantitative estimate of drug-likeness (QED) is 0.781. The molecule has 4 nitrogen and oxygen atoms in total. The lowest BCUT2D eigenvalue weighted by Crippen LogP contribution is -2.53. The summed E-state index contributed by atoms with van der Waals surface area (Å²) in [6, 6.07) is 0. The van der Waals surface area contributed by atoms with E-state index in [1.54, 1.807) is 0 Å². The molecule has 5 rings (SSSR count). The van der Waals surface area contributed by atoms with Gasteiger partial charge < -0.3 is 9.80 Å². The normalized spacial score (nSPS) is 43.7. The lowest BCUT2D eigenvalue weighted by atomic mass is 9.87. The van der Waals surface area contributed by atoms with E-state index in [4.69, 9.17) is 0 Å². The zero-order chi connectivity index (χ0) is 16.3. The fourth-order valence-corrected chi connectivity index (χ4v) is 6.71. The highest BCUT2D eigenvalue weighted by Gasteiger charge is 2.46. The smallest absolute Gasteiger partial charge is 0.226 e. The summed E-state index contributed by atoms with van der Waals surface area (Å²) in [5.74, 6) is 4.37. The van der Waals surface area contributed by atoms with Crippen LogP contribution in [0.2, 0.25) is 0 Å². The van der Waals surface area contributed by atoms with Gasteiger partial charge in [0.1, 0.15) is 0 Å². The molecule has 0 spiro atoms. The number of nitrogens with zero attached hydrogens (tertiary/aromatic N) is 2. The fourth-order valence-electron chi connectivity index (χ4n) is 6.71. The monoisotopic (exact) mass is 330 g/mol. The minimum Gasteiger partial charge on any atom is -0.339 e. The Morgan fingerprint density at radius 1 is 0.583 bits per heavy atom. The molecular formula is C20H30N2O2. The predicted octanol–water partition coefficient (Wildman–Crippen LogP) is 2.53. The van der Waals surface area contributed by atoms with Crippen molar-refractivity contribution in [3.8, 4) is 0 Å². The zero-order valence-corrected chi connectivity index (χ0v) is 14.7. The maximum atomic E-state index is 12.8. The molecule has 0 unspecified atom stereocenters. The van der Waals surface area contributed by atoms with Gasteiger partial charge in [0.2, 0.25) is 11.8 Å². The highest BCUT2D eigenvalue weighted by molar-refractivity contribution is 5.82. The number of carbonyl (C=O) groups is 2. The van der Waals surface area contributed by atoms with E-state index in [1.807, 2.05) is 0 Å². The highest BCUT2D eigenvalue weighted by atomic mass is 16.2. The molecule has 1 aliphatic heterocycles. The standard InChI is InChI=1S/C20H30N2O2/c23-19(17-11-13-1-3-15(17)9-13)21-5-7-22(8-6-21)20(24)18-12-14-2-4-16(18)10-14/h13-18H,1-12H2/t13-,14-,15-,16-,17-,18-/m0/s1. The number of hydrogen-bond acceptors (Lipinski definition) is 2. The molecule has 24 heavy (non-hydrogen) atoms. The van der Waals surface area contributed by atoms with Crippen LogP contribution in [0.3, 0.4) is 0 Å². The van der Waals surface area contributed by atoms with Gasteiger partial charge >= 0.3 is 0 Å². The van der Waals surface area contributed by atoms with E-state index in [0.717, 1.165) is 50.9 Å². The van der Waals surface area contributed by atoms with E-state index in [0.29, 0.717) is 35.5 Å². The van der Waals surface area contributed by atoms with Crippen molar-refractivity contribution in [1.82, 2.24) is 9.80 Å². The third kappa shape index (κ3) is 2.40. The average Bonchev–Trinajstić information content (AvgIpc) is 3.41. The van der Waals surface area contributed by atoms with E-state index >= 15 is 0 Å². The SMILES string of the molecule is O=C([C@H]1C[C@H]2CC[C@H]1C2)N1CCN(C(=O)[C@H]2C[C@H]3CC[C@H]2C3)CC1. The van der Waals surface area contributed by atoms with Crippen LogP contribution in [0.25, 0.3) is 0 Å². The predicted molar refractivity (Wildman–Crippen MR) is 91.0 cm³/mol. The number of hydrogen-bond donors (Lipinski definition) is 0. The summed E-state index contributed by atoms with van der Waals surface area (Å²) in [5, 5.41) is 0. The molecule has 132 valence electrons. The van der Waals surface area contributed by atoms with Crippen LogP contribution in [0.1, 0.15) is 51.4 Å². The minimum atomic E-state index is 0.302. The summed E-state index contributed by atoms with van der Waals surface area (Å²) in [6.45, 7) is 3.05. The molecule has 0 N–H and O–H groups in total. The minimum absolute atomic E-state index is 0.302. The second-order valence-corrected chi connectivity index (χ2v) is 9.21. The Morgan fingerprint density at radius 3 is 1.29 bits per heavy atom. The second kappa shape index (κ2) is 5.74. The van der Waals surface area contributed by atoms with Gasteiger partial charge in [-0.3, -0.25) is 9.59 Å². The van der Waals surface area contributed by atoms with Gasteiger partial charge in [-0.1, -0.05) is 12.8 Å². The molecule has 6 atom stereocenters. The first-order chi connectivity index (χ1) is 11.7. The number of rotatable bonds is 2. The van der Waals surface area contributed by atoms with E-state index in [-0.39, 0.29) is 0 Å². The molecule has 4 saturated carbocycles. The van der Waals surface area contributed by atoms with Crippen molar-refractivity contribution in [2.75, 3.05) is 26.2 Å². The van der Waals surface area contributed by atoms with E-state index < -0.39 is 0 Å². The molecule has 0 aromatic rings. The summed E-state index contributed by atoms with van der Waals surface area (Å²) in [5.41, 5.74) is 0. The molecular weight excluding hydrogens is 300 g/mol. The average molecular weight is 330 g/mol. The van der Waals surface area contributed by atoms with Crippen LogP contribution in [0.4, 0.5) is 0 Å². The lowest BCUT2D eigenvalue weighted by molar-refractivity contribution is -0.145. The topological polar surface area (TPSA) is 40.6 Å². The van der Waals surface area contributed by atoms with Crippen LogP contribution < -0.4 is 0 Å². The van der Waals surface area contributed by atoms with E-state index in [1.165, 1.54) is 38.5 Å². The second-order valence-electron chi connectivity index (χ2n) is 9.21. The van der Waals surface area contributed by atoms with Crippen LogP contribution in [0, 0.1) is 35.5 Å². The Balaban J connectivity index is 1.16. The Hall–Kier alpha value is -1.06. The molecule has 5 fully saturated rings. The van der Waals surface area contributed by atoms with E-state index in [2.05, 4.69) is 9.80 Å². The van der Waals surface area contributed by atoms with Crippen molar-refractivity contribution in [1.29, 1.82) is 0 Å². The molecule has 4 aliphatic carbocycles.